The second kappa shape index (κ2) is 21.7. The van der Waals surface area contributed by atoms with Crippen LogP contribution in [0.3, 0.4) is 0 Å². The minimum atomic E-state index is 0. The van der Waals surface area contributed by atoms with Crippen LogP contribution in [0.1, 0.15) is 41.5 Å². The van der Waals surface area contributed by atoms with Crippen LogP contribution in [0, 0.1) is 0 Å². The fraction of sp³-hybridized carbons (Fsp3) is 0.444. The molecule has 0 atom stereocenters. The molecule has 260 valence electrons. The Hall–Kier alpha value is -1.30. The monoisotopic (exact) mass is 1210 g/mol. The van der Waals surface area contributed by atoms with Gasteiger partial charge < -0.3 is 78.9 Å². The fourth-order valence-electron chi connectivity index (χ4n) is 4.49. The molecule has 0 amide bonds. The summed E-state index contributed by atoms with van der Waals surface area (Å²) >= 11 is 5.30. The second-order valence-electron chi connectivity index (χ2n) is 9.41. The molecule has 0 unspecified atom stereocenters. The molecule has 20 heteroatoms. The Kier molecular flexibility index (Phi) is 20.2. The van der Waals surface area contributed by atoms with Gasteiger partial charge in [-0.15, -0.1) is 0 Å². The smallest absolute Gasteiger partial charge is 1.00 e. The molecule has 0 saturated carbocycles. The molecule has 0 fully saturated rings. The van der Waals surface area contributed by atoms with E-state index in [1.54, 1.807) is 38.0 Å². The quantitative estimate of drug-likeness (QED) is 0.108. The SMILES string of the molecule is CCn1cnc2c(N)[n+](CC)cnc21.CCn1cnc2c(N)[n+](CC)cnc21.CCn1cnc2c(N)[n+](CC)cnc21.I[I-]I.[I-].[I-]. The van der Waals surface area contributed by atoms with E-state index in [9.17, 15) is 0 Å². The maximum absolute atomic E-state index is 5.94. The van der Waals surface area contributed by atoms with E-state index in [1.807, 2.05) is 48.2 Å². The van der Waals surface area contributed by atoms with E-state index in [1.165, 1.54) is 0 Å². The van der Waals surface area contributed by atoms with Crippen molar-refractivity contribution in [3.63, 3.8) is 0 Å². The maximum atomic E-state index is 5.94. The number of nitrogen functional groups attached to an aromatic ring is 3. The number of nitrogens with two attached hydrogens (primary N) is 3. The largest absolute Gasteiger partial charge is 1.00 e. The Balaban J connectivity index is 0.000000331. The first-order chi connectivity index (χ1) is 21.7. The Bertz CT molecular complexity index is 1630. The van der Waals surface area contributed by atoms with Gasteiger partial charge in [-0.25, -0.2) is 28.7 Å². The molecule has 6 rings (SSSR count). The Morgan fingerprint density at radius 3 is 0.957 bits per heavy atom. The molecule has 0 aliphatic carbocycles. The first kappa shape index (κ1) is 43.7. The zero-order chi connectivity index (χ0) is 33.1. The number of aromatic nitrogens is 12. The van der Waals surface area contributed by atoms with Crippen molar-refractivity contribution in [3.05, 3.63) is 38.0 Å². The molecule has 0 aromatic carbocycles. The first-order valence-electron chi connectivity index (χ1n) is 14.6. The van der Waals surface area contributed by atoms with Gasteiger partial charge in [0.25, 0.3) is 17.5 Å². The molecule has 6 aromatic rings. The minimum absolute atomic E-state index is 0. The van der Waals surface area contributed by atoms with E-state index in [0.29, 0.717) is 30.7 Å². The summed E-state index contributed by atoms with van der Waals surface area (Å²) in [5.74, 6) is 2.05. The summed E-state index contributed by atoms with van der Waals surface area (Å²) in [6, 6.07) is 0. The molecule has 0 bridgehead atoms. The predicted molar refractivity (Wildman–Crippen MR) is 188 cm³/mol. The van der Waals surface area contributed by atoms with Gasteiger partial charge >= 0.3 is 50.5 Å². The standard InChI is InChI=1S/3C9H13N5.I3.2HI/c3*1-3-13-6-12-9-7(8(13)10)11-5-14(9)4-2;1-3-2;;/h3*5-6,10H,3-4H2,1-2H3;;2*1H/q;;;-1;;/p+1. The van der Waals surface area contributed by atoms with Crippen LogP contribution in [0.4, 0.5) is 17.5 Å². The van der Waals surface area contributed by atoms with E-state index < -0.39 is 0 Å². The predicted octanol–water partition coefficient (Wildman–Crippen LogP) is -6.19. The number of imidazole rings is 3. The zero-order valence-corrected chi connectivity index (χ0v) is 38.0. The van der Waals surface area contributed by atoms with Crippen LogP contribution in [0.5, 0.6) is 0 Å². The third-order valence-corrected chi connectivity index (χ3v) is 7.09. The number of aryl methyl sites for hydroxylation is 6. The third-order valence-electron chi connectivity index (χ3n) is 7.09. The molecular weight excluding hydrogens is 1170 g/mol. The molecule has 0 saturated heterocycles. The van der Waals surface area contributed by atoms with Gasteiger partial charge in [0, 0.05) is 19.6 Å². The topological polar surface area (TPSA) is 182 Å². The minimum Gasteiger partial charge on any atom is -1.00 e. The number of rotatable bonds is 6. The summed E-state index contributed by atoms with van der Waals surface area (Å²) in [7, 11) is 0. The number of nitrogens with zero attached hydrogens (tertiary/aromatic N) is 12. The second-order valence-corrected chi connectivity index (χ2v) is 25.7. The molecule has 0 aliphatic rings. The fourth-order valence-corrected chi connectivity index (χ4v) is 4.49. The maximum Gasteiger partial charge on any atom is -1.00 e. The van der Waals surface area contributed by atoms with Crippen LogP contribution in [0.2, 0.25) is 0 Å². The molecule has 6 N–H and O–H groups in total. The third kappa shape index (κ3) is 10.4. The van der Waals surface area contributed by atoms with E-state index >= 15 is 0 Å². The van der Waals surface area contributed by atoms with Crippen LogP contribution in [-0.4, -0.2) is 43.6 Å². The van der Waals surface area contributed by atoms with E-state index in [4.69, 9.17) is 17.2 Å². The number of hydrogen-bond acceptors (Lipinski definition) is 9. The first-order valence-corrected chi connectivity index (χ1v) is 27.1. The van der Waals surface area contributed by atoms with Crippen LogP contribution < -0.4 is 92.1 Å². The summed E-state index contributed by atoms with van der Waals surface area (Å²) in [6.07, 6.45) is 10.6. The molecule has 0 spiro atoms. The number of fused-ring (bicyclic) bond motifs is 3. The van der Waals surface area contributed by atoms with Gasteiger partial charge in [0.1, 0.15) is 0 Å². The summed E-state index contributed by atoms with van der Waals surface area (Å²) < 4.78 is 11.6. The van der Waals surface area contributed by atoms with Crippen LogP contribution in [-0.2, 0) is 39.3 Å². The van der Waals surface area contributed by atoms with Crippen LogP contribution in [0.25, 0.3) is 33.5 Å². The van der Waals surface area contributed by atoms with Crippen molar-refractivity contribution < 1.29 is 74.9 Å². The van der Waals surface area contributed by atoms with Gasteiger partial charge in [0.2, 0.25) is 35.9 Å². The molecule has 0 aliphatic heterocycles. The van der Waals surface area contributed by atoms with Gasteiger partial charge in [-0.1, -0.05) is 15.0 Å². The Labute approximate surface area is 338 Å². The number of halogens is 5. The normalized spacial score (nSPS) is 10.3. The van der Waals surface area contributed by atoms with Crippen LogP contribution >= 0.6 is 37.2 Å². The van der Waals surface area contributed by atoms with E-state index in [2.05, 4.69) is 87.9 Å². The van der Waals surface area contributed by atoms with E-state index in [-0.39, 0.29) is 48.0 Å². The number of hydrogen-bond donors (Lipinski definition) is 3. The van der Waals surface area contributed by atoms with E-state index in [0.717, 1.165) is 72.8 Å². The summed E-state index contributed by atoms with van der Waals surface area (Å²) in [5, 5.41) is 0. The van der Waals surface area contributed by atoms with Crippen molar-refractivity contribution in [3.8, 4) is 0 Å². The Morgan fingerprint density at radius 1 is 0.532 bits per heavy atom. The van der Waals surface area contributed by atoms with Gasteiger partial charge in [0.05, 0.1) is 38.6 Å². The summed E-state index contributed by atoms with van der Waals surface area (Å²) in [6.45, 7) is 17.3. The molecular formula is C27H42I5N15. The van der Waals surface area contributed by atoms with Crippen molar-refractivity contribution in [1.29, 1.82) is 0 Å². The van der Waals surface area contributed by atoms with Gasteiger partial charge in [-0.2, -0.15) is 0 Å². The average molecular weight is 1210 g/mol. The van der Waals surface area contributed by atoms with Gasteiger partial charge in [-0.3, -0.25) is 0 Å². The summed E-state index contributed by atoms with van der Waals surface area (Å²) in [4.78, 5) is 25.7. The molecule has 47 heavy (non-hydrogen) atoms. The zero-order valence-electron chi connectivity index (χ0n) is 27.2. The average Bonchev–Trinajstić information content (AvgIpc) is 3.80. The molecule has 6 aromatic heterocycles. The molecule has 0 radical (unpaired) electrons. The number of anilines is 3. The van der Waals surface area contributed by atoms with Crippen molar-refractivity contribution in [2.45, 2.75) is 80.8 Å². The van der Waals surface area contributed by atoms with Crippen molar-refractivity contribution in [2.75, 3.05) is 17.2 Å². The summed E-state index contributed by atoms with van der Waals surface area (Å²) in [5.41, 5.74) is 22.8. The van der Waals surface area contributed by atoms with Gasteiger partial charge in [0.15, 0.2) is 16.6 Å². The van der Waals surface area contributed by atoms with Crippen LogP contribution in [0.15, 0.2) is 38.0 Å². The van der Waals surface area contributed by atoms with Crippen molar-refractivity contribution in [2.24, 2.45) is 0 Å². The van der Waals surface area contributed by atoms with Crippen molar-refractivity contribution >= 4 is 88.2 Å². The van der Waals surface area contributed by atoms with Gasteiger partial charge in [-0.05, 0) is 41.5 Å². The molecule has 6 heterocycles. The Morgan fingerprint density at radius 2 is 0.766 bits per heavy atom. The van der Waals surface area contributed by atoms with Crippen molar-refractivity contribution in [1.82, 2.24) is 43.6 Å². The molecule has 15 nitrogen and oxygen atoms in total.